The first-order valence-electron chi connectivity index (χ1n) is 12.0. The predicted octanol–water partition coefficient (Wildman–Crippen LogP) is 4.05. The Morgan fingerprint density at radius 3 is 2.53 bits per heavy atom. The van der Waals surface area contributed by atoms with Gasteiger partial charge in [-0.2, -0.15) is 0 Å². The zero-order chi connectivity index (χ0) is 25.4. The number of amides is 2. The van der Waals surface area contributed by atoms with Crippen LogP contribution in [-0.2, 0) is 4.79 Å². The lowest BCUT2D eigenvalue weighted by Gasteiger charge is -2.37. The summed E-state index contributed by atoms with van der Waals surface area (Å²) >= 11 is 2.72. The maximum absolute atomic E-state index is 13.6. The number of Topliss-reactive ketones (excluding diaryl/α,β-unsaturated/α-hetero) is 1. The van der Waals surface area contributed by atoms with E-state index < -0.39 is 17.4 Å². The highest BCUT2D eigenvalue weighted by atomic mass is 35.5. The first-order chi connectivity index (χ1) is 16.7. The van der Waals surface area contributed by atoms with E-state index in [0.29, 0.717) is 29.4 Å². The zero-order valence-electron chi connectivity index (χ0n) is 21.2. The molecule has 1 aliphatic carbocycles. The molecule has 2 aromatic rings. The van der Waals surface area contributed by atoms with Crippen LogP contribution >= 0.6 is 35.5 Å². The first-order valence-corrected chi connectivity index (χ1v) is 13.9. The predicted molar refractivity (Wildman–Crippen MR) is 144 cm³/mol. The highest BCUT2D eigenvalue weighted by Gasteiger charge is 2.43. The summed E-state index contributed by atoms with van der Waals surface area (Å²) in [5.41, 5.74) is -1.04. The number of hydrogen-bond acceptors (Lipinski definition) is 9. The fourth-order valence-corrected chi connectivity index (χ4v) is 5.57. The summed E-state index contributed by atoms with van der Waals surface area (Å²) in [7, 11) is 3.95. The van der Waals surface area contributed by atoms with Crippen LogP contribution in [0.25, 0.3) is 0 Å². The van der Waals surface area contributed by atoms with Crippen LogP contribution in [0.4, 0.5) is 0 Å². The molecular formula is C24H36ClN5O4S2. The molecule has 1 aliphatic rings. The number of aromatic nitrogens is 2. The summed E-state index contributed by atoms with van der Waals surface area (Å²) in [6.45, 7) is 4.80. The van der Waals surface area contributed by atoms with E-state index in [1.165, 1.54) is 23.1 Å². The number of ketones is 1. The van der Waals surface area contributed by atoms with Gasteiger partial charge in [-0.05, 0) is 50.7 Å². The second kappa shape index (κ2) is 14.1. The van der Waals surface area contributed by atoms with Crippen molar-refractivity contribution in [2.45, 2.75) is 69.2 Å². The van der Waals surface area contributed by atoms with Crippen LogP contribution in [0.1, 0.15) is 72.7 Å². The fraction of sp³-hybridized carbons (Fsp3) is 0.625. The molecule has 0 aliphatic heterocycles. The monoisotopic (exact) mass is 557 g/mol. The van der Waals surface area contributed by atoms with Gasteiger partial charge in [0.2, 0.25) is 11.7 Å². The first kappa shape index (κ1) is 30.3. The van der Waals surface area contributed by atoms with E-state index in [0.717, 1.165) is 31.6 Å². The summed E-state index contributed by atoms with van der Waals surface area (Å²) in [6.07, 6.45) is 4.16. The van der Waals surface area contributed by atoms with Gasteiger partial charge in [-0.3, -0.25) is 14.4 Å². The van der Waals surface area contributed by atoms with Crippen molar-refractivity contribution >= 4 is 53.1 Å². The molecule has 0 aromatic carbocycles. The summed E-state index contributed by atoms with van der Waals surface area (Å²) in [4.78, 5) is 42.4. The Morgan fingerprint density at radius 1 is 1.19 bits per heavy atom. The second-order valence-corrected chi connectivity index (χ2v) is 11.6. The molecule has 9 nitrogen and oxygen atoms in total. The Balaban J connectivity index is 0.00000456. The molecule has 1 fully saturated rings. The largest absolute Gasteiger partial charge is 0.408 e. The van der Waals surface area contributed by atoms with Crippen LogP contribution in [0.2, 0.25) is 0 Å². The summed E-state index contributed by atoms with van der Waals surface area (Å²) in [5, 5.41) is 16.0. The Bertz CT molecular complexity index is 991. The maximum Gasteiger partial charge on any atom is 0.286 e. The average molecular weight is 558 g/mol. The minimum Gasteiger partial charge on any atom is -0.408 e. The number of rotatable bonds is 12. The number of carbonyl (C=O) groups excluding carboxylic acids is 3. The molecular weight excluding hydrogens is 522 g/mol. The molecule has 2 amide bonds. The third-order valence-electron chi connectivity index (χ3n) is 5.95. The van der Waals surface area contributed by atoms with Crippen molar-refractivity contribution in [3.63, 3.8) is 0 Å². The number of nitrogens with zero attached hydrogens (tertiary/aromatic N) is 3. The van der Waals surface area contributed by atoms with Crippen molar-refractivity contribution in [1.29, 1.82) is 0 Å². The molecule has 12 heteroatoms. The van der Waals surface area contributed by atoms with Gasteiger partial charge < -0.3 is 20.0 Å². The summed E-state index contributed by atoms with van der Waals surface area (Å²) in [6, 6.07) is 2.73. The third-order valence-corrected chi connectivity index (χ3v) is 7.62. The van der Waals surface area contributed by atoms with Gasteiger partial charge in [0.25, 0.3) is 17.0 Å². The Labute approximate surface area is 227 Å². The van der Waals surface area contributed by atoms with E-state index in [-0.39, 0.29) is 36.0 Å². The Hall–Kier alpha value is -1.95. The second-order valence-electron chi connectivity index (χ2n) is 9.62. The van der Waals surface area contributed by atoms with Gasteiger partial charge in [0.1, 0.15) is 5.54 Å². The van der Waals surface area contributed by atoms with Crippen molar-refractivity contribution in [2.24, 2.45) is 5.92 Å². The van der Waals surface area contributed by atoms with E-state index in [1.54, 1.807) is 6.07 Å². The molecule has 200 valence electrons. The van der Waals surface area contributed by atoms with E-state index in [4.69, 9.17) is 4.42 Å². The molecule has 1 unspecified atom stereocenters. The molecule has 36 heavy (non-hydrogen) atoms. The SMILES string of the molecule is CC(C)CC(NC(=O)C1(NC(=O)c2cccs2)CCCCC1)C(=O)c1nnc(SCCN(C)C)o1.Cl. The van der Waals surface area contributed by atoms with Crippen LogP contribution in [0.15, 0.2) is 27.2 Å². The summed E-state index contributed by atoms with van der Waals surface area (Å²) in [5.74, 6) is -0.217. The van der Waals surface area contributed by atoms with Crippen molar-refractivity contribution in [3.05, 3.63) is 28.3 Å². The van der Waals surface area contributed by atoms with Gasteiger partial charge in [-0.1, -0.05) is 50.9 Å². The van der Waals surface area contributed by atoms with Crippen LogP contribution in [0, 0.1) is 5.92 Å². The van der Waals surface area contributed by atoms with Gasteiger partial charge in [0, 0.05) is 12.3 Å². The van der Waals surface area contributed by atoms with Gasteiger partial charge in [0.05, 0.1) is 10.9 Å². The molecule has 2 heterocycles. The number of thiophene rings is 1. The lowest BCUT2D eigenvalue weighted by molar-refractivity contribution is -0.129. The molecule has 2 N–H and O–H groups in total. The maximum atomic E-state index is 13.6. The zero-order valence-corrected chi connectivity index (χ0v) is 23.7. The molecule has 1 atom stereocenters. The molecule has 0 spiro atoms. The lowest BCUT2D eigenvalue weighted by atomic mass is 9.80. The minimum absolute atomic E-state index is 0. The van der Waals surface area contributed by atoms with Crippen LogP contribution in [-0.4, -0.2) is 70.7 Å². The fourth-order valence-electron chi connectivity index (χ4n) is 4.08. The van der Waals surface area contributed by atoms with Gasteiger partial charge >= 0.3 is 0 Å². The standard InChI is InChI=1S/C24H35N5O4S2.ClH/c1-16(2)15-17(19(30)21-27-28-23(33-21)35-14-12-29(3)4)25-22(32)24(10-6-5-7-11-24)26-20(31)18-9-8-13-34-18;/h8-9,13,16-17H,5-7,10-12,14-15H2,1-4H3,(H,25,32)(H,26,31);1H. The van der Waals surface area contributed by atoms with Crippen molar-refractivity contribution in [2.75, 3.05) is 26.4 Å². The summed E-state index contributed by atoms with van der Waals surface area (Å²) < 4.78 is 5.61. The molecule has 0 radical (unpaired) electrons. The lowest BCUT2D eigenvalue weighted by Crippen LogP contribution is -2.62. The minimum atomic E-state index is -1.04. The normalized spacial score (nSPS) is 15.8. The third kappa shape index (κ3) is 8.29. The van der Waals surface area contributed by atoms with E-state index in [9.17, 15) is 14.4 Å². The van der Waals surface area contributed by atoms with Crippen LogP contribution < -0.4 is 10.6 Å². The molecule has 0 saturated heterocycles. The topological polar surface area (TPSA) is 117 Å². The van der Waals surface area contributed by atoms with E-state index >= 15 is 0 Å². The quantitative estimate of drug-likeness (QED) is 0.296. The van der Waals surface area contributed by atoms with Gasteiger partial charge in [-0.25, -0.2) is 0 Å². The smallest absolute Gasteiger partial charge is 0.286 e. The average Bonchev–Trinajstić information content (AvgIpc) is 3.51. The van der Waals surface area contributed by atoms with Gasteiger partial charge in [0.15, 0.2) is 0 Å². The van der Waals surface area contributed by atoms with E-state index in [1.807, 2.05) is 44.3 Å². The number of hydrogen-bond donors (Lipinski definition) is 2. The van der Waals surface area contributed by atoms with Crippen molar-refractivity contribution in [1.82, 2.24) is 25.7 Å². The Kier molecular flexibility index (Phi) is 11.9. The van der Waals surface area contributed by atoms with Gasteiger partial charge in [-0.15, -0.1) is 33.9 Å². The number of carbonyl (C=O) groups is 3. The highest BCUT2D eigenvalue weighted by molar-refractivity contribution is 7.99. The van der Waals surface area contributed by atoms with Crippen molar-refractivity contribution < 1.29 is 18.8 Å². The van der Waals surface area contributed by atoms with E-state index in [2.05, 4.69) is 20.8 Å². The molecule has 2 aromatic heterocycles. The van der Waals surface area contributed by atoms with Crippen LogP contribution in [0.5, 0.6) is 0 Å². The number of nitrogens with one attached hydrogen (secondary N) is 2. The molecule has 0 bridgehead atoms. The van der Waals surface area contributed by atoms with Crippen LogP contribution in [0.3, 0.4) is 0 Å². The van der Waals surface area contributed by atoms with Crippen molar-refractivity contribution in [3.8, 4) is 0 Å². The molecule has 3 rings (SSSR count). The Morgan fingerprint density at radius 2 is 1.92 bits per heavy atom. The number of thioether (sulfide) groups is 1. The molecule has 1 saturated carbocycles. The number of halogens is 1. The highest BCUT2D eigenvalue weighted by Crippen LogP contribution is 2.30.